The summed E-state index contributed by atoms with van der Waals surface area (Å²) in [5.74, 6) is -0.0499. The zero-order chi connectivity index (χ0) is 16.9. The molecule has 0 aliphatic carbocycles. The number of ether oxygens (including phenoxy) is 2. The van der Waals surface area contributed by atoms with Gasteiger partial charge in [0, 0.05) is 18.7 Å². The highest BCUT2D eigenvalue weighted by atomic mass is 16.5. The van der Waals surface area contributed by atoms with Crippen LogP contribution in [0.1, 0.15) is 12.0 Å². The number of hydrogen-bond acceptors (Lipinski definition) is 4. The van der Waals surface area contributed by atoms with E-state index >= 15 is 0 Å². The molecule has 0 saturated carbocycles. The Morgan fingerprint density at radius 1 is 1.12 bits per heavy atom. The van der Waals surface area contributed by atoms with E-state index in [1.165, 1.54) is 0 Å². The number of benzene rings is 2. The van der Waals surface area contributed by atoms with Gasteiger partial charge in [-0.1, -0.05) is 30.3 Å². The first kappa shape index (κ1) is 16.1. The zero-order valence-corrected chi connectivity index (χ0v) is 13.5. The third kappa shape index (κ3) is 3.56. The van der Waals surface area contributed by atoms with Crippen molar-refractivity contribution in [3.63, 3.8) is 0 Å². The van der Waals surface area contributed by atoms with Crippen molar-refractivity contribution >= 4 is 17.6 Å². The number of nitrogens with zero attached hydrogens (tertiary/aromatic N) is 1. The lowest BCUT2D eigenvalue weighted by molar-refractivity contribution is -0.149. The van der Waals surface area contributed by atoms with Crippen molar-refractivity contribution in [1.29, 1.82) is 0 Å². The van der Waals surface area contributed by atoms with E-state index in [1.54, 1.807) is 12.0 Å². The van der Waals surface area contributed by atoms with Gasteiger partial charge in [0.2, 0.25) is 5.91 Å². The van der Waals surface area contributed by atoms with Crippen LogP contribution in [0.15, 0.2) is 54.6 Å². The van der Waals surface area contributed by atoms with Crippen molar-refractivity contribution in [2.45, 2.75) is 13.0 Å². The molecule has 1 fully saturated rings. The molecule has 0 aromatic heterocycles. The van der Waals surface area contributed by atoms with Gasteiger partial charge in [-0.05, 0) is 29.8 Å². The molecule has 0 spiro atoms. The number of rotatable bonds is 5. The average Bonchev–Trinajstić information content (AvgIpc) is 3.02. The Labute approximate surface area is 140 Å². The molecular weight excluding hydrogens is 306 g/mol. The fourth-order valence-corrected chi connectivity index (χ4v) is 2.72. The fourth-order valence-electron chi connectivity index (χ4n) is 2.72. The molecule has 0 bridgehead atoms. The molecule has 0 N–H and O–H groups in total. The third-order valence-electron chi connectivity index (χ3n) is 4.07. The van der Waals surface area contributed by atoms with E-state index in [4.69, 9.17) is 9.47 Å². The monoisotopic (exact) mass is 325 g/mol. The van der Waals surface area contributed by atoms with Gasteiger partial charge in [0.25, 0.3) is 0 Å². The predicted octanol–water partition coefficient (Wildman–Crippen LogP) is 2.79. The van der Waals surface area contributed by atoms with Crippen LogP contribution >= 0.6 is 0 Å². The second kappa shape index (κ2) is 7.17. The van der Waals surface area contributed by atoms with Crippen LogP contribution in [0.3, 0.4) is 0 Å². The van der Waals surface area contributed by atoms with Crippen molar-refractivity contribution in [3.05, 3.63) is 60.2 Å². The Morgan fingerprint density at radius 3 is 2.50 bits per heavy atom. The van der Waals surface area contributed by atoms with Crippen LogP contribution in [0.25, 0.3) is 0 Å². The maximum Gasteiger partial charge on any atom is 0.311 e. The van der Waals surface area contributed by atoms with Crippen LogP contribution in [0, 0.1) is 5.92 Å². The molecule has 24 heavy (non-hydrogen) atoms. The summed E-state index contributed by atoms with van der Waals surface area (Å²) < 4.78 is 10.5. The second-order valence-corrected chi connectivity index (χ2v) is 5.70. The number of hydrogen-bond donors (Lipinski definition) is 0. The Morgan fingerprint density at radius 2 is 1.83 bits per heavy atom. The van der Waals surface area contributed by atoms with Crippen molar-refractivity contribution in [2.24, 2.45) is 5.92 Å². The average molecular weight is 325 g/mol. The summed E-state index contributed by atoms with van der Waals surface area (Å²) in [5.41, 5.74) is 1.70. The number of methoxy groups -OCH3 is 1. The fraction of sp³-hybridized carbons (Fsp3) is 0.263. The van der Waals surface area contributed by atoms with E-state index in [1.807, 2.05) is 54.6 Å². The summed E-state index contributed by atoms with van der Waals surface area (Å²) in [4.78, 5) is 26.0. The lowest BCUT2D eigenvalue weighted by Gasteiger charge is -2.16. The molecule has 5 nitrogen and oxygen atoms in total. The van der Waals surface area contributed by atoms with E-state index < -0.39 is 5.92 Å². The standard InChI is InChI=1S/C19H19NO4/c1-23-17-9-7-14(8-10-17)13-24-19(22)15-11-18(21)20(12-15)16-5-3-2-4-6-16/h2-10,15H,11-13H2,1H3/t15-/m1/s1. The van der Waals surface area contributed by atoms with Crippen LogP contribution in [0.4, 0.5) is 5.69 Å². The summed E-state index contributed by atoms with van der Waals surface area (Å²) in [6.07, 6.45) is 0.191. The molecule has 2 aromatic rings. The van der Waals surface area contributed by atoms with Gasteiger partial charge in [-0.2, -0.15) is 0 Å². The third-order valence-corrected chi connectivity index (χ3v) is 4.07. The quantitative estimate of drug-likeness (QED) is 0.793. The molecule has 2 aromatic carbocycles. The molecule has 124 valence electrons. The maximum atomic E-state index is 12.2. The SMILES string of the molecule is COc1ccc(COC(=O)[C@@H]2CC(=O)N(c3ccccc3)C2)cc1. The predicted molar refractivity (Wildman–Crippen MR) is 89.7 cm³/mol. The first-order chi connectivity index (χ1) is 11.7. The molecule has 1 saturated heterocycles. The van der Waals surface area contributed by atoms with Gasteiger partial charge in [0.05, 0.1) is 13.0 Å². The van der Waals surface area contributed by atoms with E-state index in [-0.39, 0.29) is 24.9 Å². The summed E-state index contributed by atoms with van der Waals surface area (Å²) in [6.45, 7) is 0.559. The largest absolute Gasteiger partial charge is 0.497 e. The van der Waals surface area contributed by atoms with Crippen LogP contribution in [0.2, 0.25) is 0 Å². The first-order valence-corrected chi connectivity index (χ1v) is 7.82. The van der Waals surface area contributed by atoms with E-state index in [2.05, 4.69) is 0 Å². The topological polar surface area (TPSA) is 55.8 Å². The molecule has 3 rings (SSSR count). The highest BCUT2D eigenvalue weighted by Crippen LogP contribution is 2.25. The number of amides is 1. The summed E-state index contributed by atoms with van der Waals surface area (Å²) in [7, 11) is 1.60. The Balaban J connectivity index is 1.57. The first-order valence-electron chi connectivity index (χ1n) is 7.82. The minimum Gasteiger partial charge on any atom is -0.497 e. The summed E-state index contributed by atoms with van der Waals surface area (Å²) in [5, 5.41) is 0. The van der Waals surface area contributed by atoms with Gasteiger partial charge in [-0.15, -0.1) is 0 Å². The number of carbonyl (C=O) groups excluding carboxylic acids is 2. The molecular formula is C19H19NO4. The Bertz CT molecular complexity index is 712. The van der Waals surface area contributed by atoms with Crippen LogP contribution < -0.4 is 9.64 Å². The molecule has 0 unspecified atom stereocenters. The van der Waals surface area contributed by atoms with E-state index in [9.17, 15) is 9.59 Å². The van der Waals surface area contributed by atoms with Crippen LogP contribution in [-0.2, 0) is 20.9 Å². The van der Waals surface area contributed by atoms with Gasteiger partial charge in [-0.3, -0.25) is 9.59 Å². The number of esters is 1. The van der Waals surface area contributed by atoms with Crippen molar-refractivity contribution in [2.75, 3.05) is 18.6 Å². The number of carbonyl (C=O) groups is 2. The summed E-state index contributed by atoms with van der Waals surface area (Å²) >= 11 is 0. The molecule has 0 radical (unpaired) electrons. The van der Waals surface area contributed by atoms with E-state index in [0.717, 1.165) is 17.0 Å². The van der Waals surface area contributed by atoms with Crippen LogP contribution in [-0.4, -0.2) is 25.5 Å². The molecule has 1 aliphatic heterocycles. The minimum absolute atomic E-state index is 0.0485. The normalized spacial score (nSPS) is 17.0. The van der Waals surface area contributed by atoms with Gasteiger partial charge < -0.3 is 14.4 Å². The minimum atomic E-state index is -0.420. The lowest BCUT2D eigenvalue weighted by Crippen LogP contribution is -2.26. The summed E-state index contributed by atoms with van der Waals surface area (Å²) in [6, 6.07) is 16.7. The second-order valence-electron chi connectivity index (χ2n) is 5.70. The Hall–Kier alpha value is -2.82. The highest BCUT2D eigenvalue weighted by Gasteiger charge is 2.36. The molecule has 1 heterocycles. The van der Waals surface area contributed by atoms with Gasteiger partial charge >= 0.3 is 5.97 Å². The number of para-hydroxylation sites is 1. The highest BCUT2D eigenvalue weighted by molar-refractivity contribution is 5.99. The van der Waals surface area contributed by atoms with E-state index in [0.29, 0.717) is 6.54 Å². The van der Waals surface area contributed by atoms with Crippen molar-refractivity contribution in [1.82, 2.24) is 0 Å². The Kier molecular flexibility index (Phi) is 4.79. The van der Waals surface area contributed by atoms with Gasteiger partial charge in [0.1, 0.15) is 12.4 Å². The van der Waals surface area contributed by atoms with Crippen molar-refractivity contribution in [3.8, 4) is 5.75 Å². The zero-order valence-electron chi connectivity index (χ0n) is 13.5. The molecule has 1 aliphatic rings. The van der Waals surface area contributed by atoms with Gasteiger partial charge in [0.15, 0.2) is 0 Å². The molecule has 1 atom stereocenters. The van der Waals surface area contributed by atoms with Crippen LogP contribution in [0.5, 0.6) is 5.75 Å². The maximum absolute atomic E-state index is 12.2. The molecule has 5 heteroatoms. The smallest absolute Gasteiger partial charge is 0.311 e. The number of anilines is 1. The van der Waals surface area contributed by atoms with Crippen molar-refractivity contribution < 1.29 is 19.1 Å². The lowest BCUT2D eigenvalue weighted by atomic mass is 10.1. The van der Waals surface area contributed by atoms with Gasteiger partial charge in [-0.25, -0.2) is 0 Å². The molecule has 1 amide bonds.